The van der Waals surface area contributed by atoms with Gasteiger partial charge in [0, 0.05) is 32.2 Å². The largest absolute Gasteiger partial charge is 0.384 e. The van der Waals surface area contributed by atoms with Gasteiger partial charge >= 0.3 is 0 Å². The Morgan fingerprint density at radius 3 is 2.23 bits per heavy atom. The summed E-state index contributed by atoms with van der Waals surface area (Å²) in [4.78, 5) is 6.70. The molecule has 1 aromatic heterocycles. The molecule has 8 heteroatoms. The first-order chi connectivity index (χ1) is 16.4. The van der Waals surface area contributed by atoms with Gasteiger partial charge in [0.25, 0.3) is 0 Å². The summed E-state index contributed by atoms with van der Waals surface area (Å²) in [7, 11) is 0.348. The highest BCUT2D eigenvalue weighted by atomic mass is 32.2. The number of nitrogens with zero attached hydrogens (tertiary/aromatic N) is 3. The SMILES string of the molecule is CN(C)c1cccc(F)c1-c1nc(C(C)(C)O)cn1-c1ccc(-c2cccc(S(C)(=O)=O)c2)cc1. The molecule has 0 saturated heterocycles. The van der Waals surface area contributed by atoms with E-state index in [0.29, 0.717) is 22.8 Å². The lowest BCUT2D eigenvalue weighted by atomic mass is 10.1. The van der Waals surface area contributed by atoms with Gasteiger partial charge in [-0.15, -0.1) is 0 Å². The molecule has 0 aliphatic heterocycles. The Hall–Kier alpha value is -3.49. The molecule has 4 aromatic rings. The van der Waals surface area contributed by atoms with Gasteiger partial charge in [0.1, 0.15) is 17.2 Å². The topological polar surface area (TPSA) is 75.4 Å². The van der Waals surface area contributed by atoms with Crippen LogP contribution in [0.15, 0.2) is 77.8 Å². The number of hydrogen-bond acceptors (Lipinski definition) is 5. The third kappa shape index (κ3) is 4.99. The molecule has 0 spiro atoms. The van der Waals surface area contributed by atoms with Gasteiger partial charge in [-0.05, 0) is 61.4 Å². The molecular formula is C27H28FN3O3S. The van der Waals surface area contributed by atoms with Crippen LogP contribution in [0.2, 0.25) is 0 Å². The van der Waals surface area contributed by atoms with E-state index in [9.17, 15) is 13.5 Å². The van der Waals surface area contributed by atoms with E-state index in [1.54, 1.807) is 48.9 Å². The highest BCUT2D eigenvalue weighted by Crippen LogP contribution is 2.35. The second-order valence-electron chi connectivity index (χ2n) is 9.25. The van der Waals surface area contributed by atoms with Crippen molar-refractivity contribution in [2.45, 2.75) is 24.3 Å². The summed E-state index contributed by atoms with van der Waals surface area (Å²) in [5.41, 5.74) is 2.50. The second kappa shape index (κ2) is 8.94. The first kappa shape index (κ1) is 24.6. The van der Waals surface area contributed by atoms with Crippen molar-refractivity contribution in [2.75, 3.05) is 25.3 Å². The Morgan fingerprint density at radius 1 is 0.971 bits per heavy atom. The monoisotopic (exact) mass is 493 g/mol. The fourth-order valence-electron chi connectivity index (χ4n) is 3.88. The molecule has 0 fully saturated rings. The molecule has 35 heavy (non-hydrogen) atoms. The summed E-state index contributed by atoms with van der Waals surface area (Å²) in [6, 6.07) is 19.1. The maximum absolute atomic E-state index is 15.1. The van der Waals surface area contributed by atoms with E-state index < -0.39 is 21.3 Å². The van der Waals surface area contributed by atoms with E-state index in [2.05, 4.69) is 4.98 Å². The van der Waals surface area contributed by atoms with E-state index in [1.165, 1.54) is 12.3 Å². The van der Waals surface area contributed by atoms with Crippen LogP contribution in [0.25, 0.3) is 28.2 Å². The lowest BCUT2D eigenvalue weighted by Gasteiger charge is -2.18. The average molecular weight is 494 g/mol. The van der Waals surface area contributed by atoms with E-state index in [4.69, 9.17) is 0 Å². The van der Waals surface area contributed by atoms with Gasteiger partial charge in [0.15, 0.2) is 9.84 Å². The molecule has 1 N–H and O–H groups in total. The zero-order chi connectivity index (χ0) is 25.5. The minimum atomic E-state index is -3.32. The molecule has 4 rings (SSSR count). The minimum absolute atomic E-state index is 0.251. The second-order valence-corrected chi connectivity index (χ2v) is 11.3. The fourth-order valence-corrected chi connectivity index (χ4v) is 4.54. The van der Waals surface area contributed by atoms with Crippen LogP contribution in [0.1, 0.15) is 19.5 Å². The molecule has 0 amide bonds. The van der Waals surface area contributed by atoms with Crippen molar-refractivity contribution >= 4 is 15.5 Å². The third-order valence-electron chi connectivity index (χ3n) is 5.77. The Balaban J connectivity index is 1.86. The highest BCUT2D eigenvalue weighted by molar-refractivity contribution is 7.90. The minimum Gasteiger partial charge on any atom is -0.384 e. The first-order valence-electron chi connectivity index (χ1n) is 11.1. The highest BCUT2D eigenvalue weighted by Gasteiger charge is 2.26. The van der Waals surface area contributed by atoms with Crippen LogP contribution < -0.4 is 4.90 Å². The van der Waals surface area contributed by atoms with Gasteiger partial charge in [0.2, 0.25) is 0 Å². The zero-order valence-electron chi connectivity index (χ0n) is 20.3. The van der Waals surface area contributed by atoms with Crippen molar-refractivity contribution in [3.63, 3.8) is 0 Å². The van der Waals surface area contributed by atoms with Crippen molar-refractivity contribution in [1.29, 1.82) is 0 Å². The van der Waals surface area contributed by atoms with Crippen molar-refractivity contribution in [3.05, 3.63) is 84.4 Å². The number of hydrogen-bond donors (Lipinski definition) is 1. The Kier molecular flexibility index (Phi) is 6.29. The standard InChI is InChI=1S/C27H28FN3O3S/c1-27(2,32)24-17-31(26(29-24)25-22(28)10-7-11-23(25)30(3)4)20-14-12-18(13-15-20)19-8-6-9-21(16-19)35(5,33)34/h6-17,32H,1-5H3. The number of rotatable bonds is 6. The number of anilines is 1. The lowest BCUT2D eigenvalue weighted by molar-refractivity contribution is 0.0743. The quantitative estimate of drug-likeness (QED) is 0.407. The number of imidazole rings is 1. The maximum atomic E-state index is 15.1. The van der Waals surface area contributed by atoms with Gasteiger partial charge in [-0.3, -0.25) is 4.57 Å². The van der Waals surface area contributed by atoms with Gasteiger partial charge in [-0.2, -0.15) is 0 Å². The predicted octanol–water partition coefficient (Wildman–Crippen LogP) is 5.04. The lowest BCUT2D eigenvalue weighted by Crippen LogP contribution is -2.16. The molecule has 0 unspecified atom stereocenters. The van der Waals surface area contributed by atoms with Crippen LogP contribution in [-0.2, 0) is 15.4 Å². The molecule has 0 bridgehead atoms. The summed E-state index contributed by atoms with van der Waals surface area (Å²) < 4.78 is 40.8. The van der Waals surface area contributed by atoms with Crippen LogP contribution >= 0.6 is 0 Å². The molecule has 0 atom stereocenters. The zero-order valence-corrected chi connectivity index (χ0v) is 21.1. The van der Waals surface area contributed by atoms with Gasteiger partial charge < -0.3 is 10.0 Å². The molecule has 0 aliphatic rings. The molecule has 1 heterocycles. The van der Waals surface area contributed by atoms with Crippen molar-refractivity contribution in [1.82, 2.24) is 9.55 Å². The Labute approximate surface area is 205 Å². The van der Waals surface area contributed by atoms with Crippen LogP contribution in [-0.4, -0.2) is 43.4 Å². The van der Waals surface area contributed by atoms with Crippen LogP contribution in [0, 0.1) is 5.82 Å². The number of aromatic nitrogens is 2. The molecule has 0 aliphatic carbocycles. The van der Waals surface area contributed by atoms with E-state index in [-0.39, 0.29) is 4.90 Å². The summed E-state index contributed by atoms with van der Waals surface area (Å²) in [6.07, 6.45) is 2.89. The van der Waals surface area contributed by atoms with Crippen LogP contribution in [0.5, 0.6) is 0 Å². The van der Waals surface area contributed by atoms with Crippen molar-refractivity contribution in [3.8, 4) is 28.2 Å². The molecular weight excluding hydrogens is 465 g/mol. The average Bonchev–Trinajstić information content (AvgIpc) is 3.24. The van der Waals surface area contributed by atoms with Crippen LogP contribution in [0.4, 0.5) is 10.1 Å². The normalized spacial score (nSPS) is 12.1. The van der Waals surface area contributed by atoms with Crippen molar-refractivity contribution < 1.29 is 17.9 Å². The van der Waals surface area contributed by atoms with Gasteiger partial charge in [-0.25, -0.2) is 17.8 Å². The van der Waals surface area contributed by atoms with Crippen molar-refractivity contribution in [2.24, 2.45) is 0 Å². The molecule has 182 valence electrons. The van der Waals surface area contributed by atoms with E-state index in [0.717, 1.165) is 16.8 Å². The maximum Gasteiger partial charge on any atom is 0.175 e. The predicted molar refractivity (Wildman–Crippen MR) is 137 cm³/mol. The Morgan fingerprint density at radius 2 is 1.63 bits per heavy atom. The summed E-state index contributed by atoms with van der Waals surface area (Å²) >= 11 is 0. The summed E-state index contributed by atoms with van der Waals surface area (Å²) in [5, 5.41) is 10.6. The number of sulfone groups is 1. The fraction of sp³-hybridized carbons (Fsp3) is 0.222. The molecule has 0 saturated carbocycles. The van der Waals surface area contributed by atoms with Crippen LogP contribution in [0.3, 0.4) is 0 Å². The molecule has 0 radical (unpaired) electrons. The Bertz CT molecular complexity index is 1490. The summed E-state index contributed by atoms with van der Waals surface area (Å²) in [6.45, 7) is 3.27. The smallest absolute Gasteiger partial charge is 0.175 e. The van der Waals surface area contributed by atoms with Gasteiger partial charge in [-0.1, -0.05) is 30.3 Å². The molecule has 6 nitrogen and oxygen atoms in total. The number of aliphatic hydroxyl groups is 1. The van der Waals surface area contributed by atoms with Gasteiger partial charge in [0.05, 0.1) is 21.8 Å². The van der Waals surface area contributed by atoms with E-state index >= 15 is 4.39 Å². The number of benzene rings is 3. The summed E-state index contributed by atoms with van der Waals surface area (Å²) in [5.74, 6) is -0.0460. The first-order valence-corrected chi connectivity index (χ1v) is 12.9. The van der Waals surface area contributed by atoms with E-state index in [1.807, 2.05) is 55.4 Å². The molecule has 3 aromatic carbocycles. The number of halogens is 1. The third-order valence-corrected chi connectivity index (χ3v) is 6.88.